The van der Waals surface area contributed by atoms with Crippen molar-refractivity contribution in [1.29, 1.82) is 0 Å². The lowest BCUT2D eigenvalue weighted by Crippen LogP contribution is -2.07. The highest BCUT2D eigenvalue weighted by atomic mass is 16.5. The van der Waals surface area contributed by atoms with Gasteiger partial charge >= 0.3 is 0 Å². The molecule has 0 radical (unpaired) electrons. The van der Waals surface area contributed by atoms with E-state index in [1.165, 1.54) is 11.3 Å². The second-order valence-corrected chi connectivity index (χ2v) is 4.17. The lowest BCUT2D eigenvalue weighted by atomic mass is 10.2. The first-order valence-electron chi connectivity index (χ1n) is 5.91. The zero-order valence-electron chi connectivity index (χ0n) is 10.6. The summed E-state index contributed by atoms with van der Waals surface area (Å²) in [5.74, 6) is 1.87. The molecular formula is C14H18N2O. The Hall–Kier alpha value is -1.77. The van der Waals surface area contributed by atoms with E-state index in [1.54, 1.807) is 0 Å². The van der Waals surface area contributed by atoms with Crippen LogP contribution < -0.4 is 4.74 Å². The number of benzene rings is 1. The summed E-state index contributed by atoms with van der Waals surface area (Å²) in [5.41, 5.74) is 2.38. The fourth-order valence-corrected chi connectivity index (χ4v) is 1.91. The number of ether oxygens (including phenoxy) is 1. The van der Waals surface area contributed by atoms with Crippen LogP contribution in [0.1, 0.15) is 24.0 Å². The molecular weight excluding hydrogens is 212 g/mol. The zero-order valence-corrected chi connectivity index (χ0v) is 10.6. The summed E-state index contributed by atoms with van der Waals surface area (Å²) in [4.78, 5) is 4.36. The van der Waals surface area contributed by atoms with Crippen molar-refractivity contribution in [1.82, 2.24) is 9.55 Å². The minimum Gasteiger partial charge on any atom is -0.486 e. The molecule has 1 heterocycles. The molecule has 0 N–H and O–H groups in total. The van der Waals surface area contributed by atoms with Crippen molar-refractivity contribution in [3.05, 3.63) is 47.5 Å². The number of hydrogen-bond acceptors (Lipinski definition) is 2. The van der Waals surface area contributed by atoms with E-state index < -0.39 is 0 Å². The molecule has 17 heavy (non-hydrogen) atoms. The number of aryl methyl sites for hydroxylation is 2. The van der Waals surface area contributed by atoms with Crippen molar-refractivity contribution in [3.63, 3.8) is 0 Å². The molecule has 0 aliphatic carbocycles. The first-order chi connectivity index (χ1) is 8.20. The molecule has 0 saturated carbocycles. The maximum atomic E-state index is 5.75. The first kappa shape index (κ1) is 11.7. The topological polar surface area (TPSA) is 27.1 Å². The van der Waals surface area contributed by atoms with Crippen LogP contribution in [0, 0.1) is 13.8 Å². The van der Waals surface area contributed by atoms with Gasteiger partial charge < -0.3 is 9.30 Å². The molecule has 0 unspecified atom stereocenters. The van der Waals surface area contributed by atoms with Crippen molar-refractivity contribution >= 4 is 0 Å². The molecule has 0 atom stereocenters. The average Bonchev–Trinajstić information content (AvgIpc) is 2.67. The molecule has 3 heteroatoms. The van der Waals surface area contributed by atoms with Crippen LogP contribution in [0.2, 0.25) is 0 Å². The molecule has 0 aliphatic rings. The van der Waals surface area contributed by atoms with Gasteiger partial charge in [-0.05, 0) is 38.5 Å². The highest BCUT2D eigenvalue weighted by Gasteiger charge is 2.05. The summed E-state index contributed by atoms with van der Waals surface area (Å²) in [6.45, 7) is 7.69. The molecule has 0 spiro atoms. The van der Waals surface area contributed by atoms with Gasteiger partial charge in [-0.2, -0.15) is 0 Å². The van der Waals surface area contributed by atoms with Crippen molar-refractivity contribution in [2.24, 2.45) is 0 Å². The Morgan fingerprint density at radius 3 is 2.82 bits per heavy atom. The number of nitrogens with zero attached hydrogens (tertiary/aromatic N) is 2. The van der Waals surface area contributed by atoms with Gasteiger partial charge in [-0.15, -0.1) is 0 Å². The molecule has 0 saturated heterocycles. The SMILES string of the molecule is CCn1c(C)cnc1COc1cccc(C)c1. The first-order valence-corrected chi connectivity index (χ1v) is 5.91. The standard InChI is InChI=1S/C14H18N2O/c1-4-16-12(3)9-15-14(16)10-17-13-7-5-6-11(2)8-13/h5-9H,4,10H2,1-3H3. The van der Waals surface area contributed by atoms with E-state index in [0.717, 1.165) is 18.1 Å². The van der Waals surface area contributed by atoms with Gasteiger partial charge in [-0.1, -0.05) is 12.1 Å². The van der Waals surface area contributed by atoms with E-state index in [-0.39, 0.29) is 0 Å². The summed E-state index contributed by atoms with van der Waals surface area (Å²) < 4.78 is 7.91. The van der Waals surface area contributed by atoms with Gasteiger partial charge in [-0.3, -0.25) is 0 Å². The fourth-order valence-electron chi connectivity index (χ4n) is 1.91. The van der Waals surface area contributed by atoms with Crippen LogP contribution in [-0.4, -0.2) is 9.55 Å². The Morgan fingerprint density at radius 1 is 1.29 bits per heavy atom. The lowest BCUT2D eigenvalue weighted by Gasteiger charge is -2.09. The Kier molecular flexibility index (Phi) is 3.47. The average molecular weight is 230 g/mol. The number of rotatable bonds is 4. The smallest absolute Gasteiger partial charge is 0.146 e. The molecule has 1 aromatic heterocycles. The van der Waals surface area contributed by atoms with Gasteiger partial charge in [0.05, 0.1) is 0 Å². The van der Waals surface area contributed by atoms with Crippen LogP contribution in [0.25, 0.3) is 0 Å². The Labute approximate surface area is 102 Å². The van der Waals surface area contributed by atoms with E-state index >= 15 is 0 Å². The van der Waals surface area contributed by atoms with Crippen molar-refractivity contribution in [3.8, 4) is 5.75 Å². The minimum absolute atomic E-state index is 0.519. The van der Waals surface area contributed by atoms with Crippen LogP contribution in [0.15, 0.2) is 30.5 Å². The van der Waals surface area contributed by atoms with Crippen molar-refractivity contribution in [2.75, 3.05) is 0 Å². The summed E-state index contributed by atoms with van der Waals surface area (Å²) in [7, 11) is 0. The molecule has 2 rings (SSSR count). The van der Waals surface area contributed by atoms with Crippen LogP contribution in [0.4, 0.5) is 0 Å². The van der Waals surface area contributed by atoms with Crippen molar-refractivity contribution < 1.29 is 4.74 Å². The van der Waals surface area contributed by atoms with Gasteiger partial charge in [0.25, 0.3) is 0 Å². The van der Waals surface area contributed by atoms with Gasteiger partial charge in [-0.25, -0.2) is 4.98 Å². The van der Waals surface area contributed by atoms with Crippen LogP contribution >= 0.6 is 0 Å². The van der Waals surface area contributed by atoms with E-state index in [4.69, 9.17) is 4.74 Å². The van der Waals surface area contributed by atoms with Gasteiger partial charge in [0.2, 0.25) is 0 Å². The molecule has 3 nitrogen and oxygen atoms in total. The van der Waals surface area contributed by atoms with Gasteiger partial charge in [0, 0.05) is 18.4 Å². The molecule has 90 valence electrons. The predicted molar refractivity (Wildman–Crippen MR) is 68.1 cm³/mol. The number of imidazole rings is 1. The number of hydrogen-bond donors (Lipinski definition) is 0. The van der Waals surface area contributed by atoms with Crippen molar-refractivity contribution in [2.45, 2.75) is 33.9 Å². The van der Waals surface area contributed by atoms with E-state index in [0.29, 0.717) is 6.61 Å². The Morgan fingerprint density at radius 2 is 2.12 bits per heavy atom. The monoisotopic (exact) mass is 230 g/mol. The normalized spacial score (nSPS) is 10.5. The highest BCUT2D eigenvalue weighted by Crippen LogP contribution is 2.14. The third kappa shape index (κ3) is 2.67. The number of aromatic nitrogens is 2. The third-order valence-corrected chi connectivity index (χ3v) is 2.81. The molecule has 0 aliphatic heterocycles. The third-order valence-electron chi connectivity index (χ3n) is 2.81. The fraction of sp³-hybridized carbons (Fsp3) is 0.357. The zero-order chi connectivity index (χ0) is 12.3. The molecule has 0 bridgehead atoms. The molecule has 1 aromatic carbocycles. The predicted octanol–water partition coefficient (Wildman–Crippen LogP) is 3.10. The highest BCUT2D eigenvalue weighted by molar-refractivity contribution is 5.27. The van der Waals surface area contributed by atoms with Crippen LogP contribution in [-0.2, 0) is 13.2 Å². The van der Waals surface area contributed by atoms with Crippen LogP contribution in [0.3, 0.4) is 0 Å². The van der Waals surface area contributed by atoms with Crippen LogP contribution in [0.5, 0.6) is 5.75 Å². The maximum absolute atomic E-state index is 5.75. The van der Waals surface area contributed by atoms with Gasteiger partial charge in [0.1, 0.15) is 18.2 Å². The second kappa shape index (κ2) is 5.04. The van der Waals surface area contributed by atoms with E-state index in [9.17, 15) is 0 Å². The minimum atomic E-state index is 0.519. The maximum Gasteiger partial charge on any atom is 0.146 e. The van der Waals surface area contributed by atoms with E-state index in [1.807, 2.05) is 24.4 Å². The summed E-state index contributed by atoms with van der Waals surface area (Å²) in [6, 6.07) is 8.07. The molecule has 0 fully saturated rings. The summed E-state index contributed by atoms with van der Waals surface area (Å²) in [5, 5.41) is 0. The second-order valence-electron chi connectivity index (χ2n) is 4.17. The Balaban J connectivity index is 2.07. The largest absolute Gasteiger partial charge is 0.486 e. The summed E-state index contributed by atoms with van der Waals surface area (Å²) >= 11 is 0. The molecule has 0 amide bonds. The Bertz CT molecular complexity index is 503. The lowest BCUT2D eigenvalue weighted by molar-refractivity contribution is 0.289. The quantitative estimate of drug-likeness (QED) is 0.807. The van der Waals surface area contributed by atoms with Gasteiger partial charge in [0.15, 0.2) is 0 Å². The molecule has 2 aromatic rings. The summed E-state index contributed by atoms with van der Waals surface area (Å²) in [6.07, 6.45) is 1.89. The van der Waals surface area contributed by atoms with E-state index in [2.05, 4.69) is 36.4 Å².